The van der Waals surface area contributed by atoms with Gasteiger partial charge in [-0.3, -0.25) is 0 Å². The van der Waals surface area contributed by atoms with Crippen molar-refractivity contribution in [2.75, 3.05) is 11.9 Å². The third-order valence-corrected chi connectivity index (χ3v) is 2.36. The number of hydrogen-bond donors (Lipinski definition) is 1. The van der Waals surface area contributed by atoms with E-state index in [9.17, 15) is 5.11 Å². The van der Waals surface area contributed by atoms with E-state index < -0.39 is 0 Å². The zero-order valence-corrected chi connectivity index (χ0v) is 9.24. The average molecular weight is 251 g/mol. The number of halogens is 1. The number of aliphatic hydroxyl groups excluding tert-OH is 1. The zero-order chi connectivity index (χ0) is 9.68. The van der Waals surface area contributed by atoms with Crippen molar-refractivity contribution < 1.29 is 14.6 Å². The summed E-state index contributed by atoms with van der Waals surface area (Å²) in [7, 11) is 0. The maximum Gasteiger partial charge on any atom is 0.167 e. The fraction of sp³-hybridized carbons (Fsp3) is 0.778. The van der Waals surface area contributed by atoms with Crippen molar-refractivity contribution in [3.8, 4) is 0 Å². The van der Waals surface area contributed by atoms with Crippen LogP contribution in [-0.2, 0) is 9.47 Å². The Bertz CT molecular complexity index is 172. The topological polar surface area (TPSA) is 38.7 Å². The van der Waals surface area contributed by atoms with E-state index in [0.717, 1.165) is 0 Å². The van der Waals surface area contributed by atoms with E-state index in [4.69, 9.17) is 9.47 Å². The third-order valence-electron chi connectivity index (χ3n) is 1.83. The highest BCUT2D eigenvalue weighted by molar-refractivity contribution is 9.09. The lowest BCUT2D eigenvalue weighted by molar-refractivity contribution is -0.144. The predicted octanol–water partition coefficient (Wildman–Crippen LogP) is 1.45. The molecule has 13 heavy (non-hydrogen) atoms. The molecule has 76 valence electrons. The van der Waals surface area contributed by atoms with Crippen LogP contribution in [0.15, 0.2) is 12.2 Å². The van der Waals surface area contributed by atoms with Crippen LogP contribution in [0, 0.1) is 0 Å². The number of ether oxygens (including phenoxy) is 2. The summed E-state index contributed by atoms with van der Waals surface area (Å²) >= 11 is 3.30. The first-order valence-corrected chi connectivity index (χ1v) is 5.57. The molecule has 0 heterocycles. The lowest BCUT2D eigenvalue weighted by Crippen LogP contribution is -2.25. The van der Waals surface area contributed by atoms with Crippen LogP contribution in [-0.4, -0.2) is 35.5 Å². The molecule has 0 bridgehead atoms. The van der Waals surface area contributed by atoms with Crippen LogP contribution < -0.4 is 0 Å². The van der Waals surface area contributed by atoms with E-state index in [2.05, 4.69) is 15.9 Å². The molecular formula is C9H15BrO3. The van der Waals surface area contributed by atoms with Gasteiger partial charge in [0.15, 0.2) is 6.29 Å². The van der Waals surface area contributed by atoms with Crippen LogP contribution in [0.4, 0.5) is 0 Å². The van der Waals surface area contributed by atoms with Gasteiger partial charge in [0, 0.05) is 13.0 Å². The van der Waals surface area contributed by atoms with Gasteiger partial charge in [0.25, 0.3) is 0 Å². The largest absolute Gasteiger partial charge is 0.389 e. The highest BCUT2D eigenvalue weighted by Crippen LogP contribution is 2.16. The number of hydrogen-bond acceptors (Lipinski definition) is 3. The first-order chi connectivity index (χ1) is 6.26. The van der Waals surface area contributed by atoms with E-state index in [1.807, 2.05) is 13.0 Å². The van der Waals surface area contributed by atoms with E-state index in [1.54, 1.807) is 6.08 Å². The maximum atomic E-state index is 9.20. The van der Waals surface area contributed by atoms with Crippen molar-refractivity contribution in [2.24, 2.45) is 0 Å². The Morgan fingerprint density at radius 1 is 1.62 bits per heavy atom. The molecule has 3 atom stereocenters. The number of alkyl halides is 1. The maximum absolute atomic E-state index is 9.20. The highest BCUT2D eigenvalue weighted by Gasteiger charge is 2.20. The molecule has 1 aliphatic carbocycles. The molecule has 0 aromatic carbocycles. The molecule has 1 unspecified atom stereocenters. The van der Waals surface area contributed by atoms with Crippen molar-refractivity contribution in [3.63, 3.8) is 0 Å². The van der Waals surface area contributed by atoms with Gasteiger partial charge in [-0.15, -0.1) is 0 Å². The molecule has 0 fully saturated rings. The number of rotatable bonds is 5. The molecule has 0 amide bonds. The second-order valence-corrected chi connectivity index (χ2v) is 3.55. The molecule has 1 aliphatic rings. The van der Waals surface area contributed by atoms with Crippen LogP contribution in [0.2, 0.25) is 0 Å². The van der Waals surface area contributed by atoms with Crippen LogP contribution in [0.5, 0.6) is 0 Å². The first kappa shape index (κ1) is 11.2. The van der Waals surface area contributed by atoms with Crippen molar-refractivity contribution in [1.29, 1.82) is 0 Å². The van der Waals surface area contributed by atoms with Crippen molar-refractivity contribution in [3.05, 3.63) is 12.2 Å². The Kier molecular flexibility index (Phi) is 4.94. The Morgan fingerprint density at radius 2 is 2.38 bits per heavy atom. The van der Waals surface area contributed by atoms with Crippen molar-refractivity contribution >= 4 is 15.9 Å². The summed E-state index contributed by atoms with van der Waals surface area (Å²) in [5.41, 5.74) is 0. The van der Waals surface area contributed by atoms with Gasteiger partial charge in [0.1, 0.15) is 0 Å². The molecule has 1 rings (SSSR count). The van der Waals surface area contributed by atoms with Crippen molar-refractivity contribution in [2.45, 2.75) is 31.8 Å². The quantitative estimate of drug-likeness (QED) is 0.456. The van der Waals surface area contributed by atoms with E-state index in [1.165, 1.54) is 0 Å². The summed E-state index contributed by atoms with van der Waals surface area (Å²) in [6.45, 7) is 2.56. The van der Waals surface area contributed by atoms with E-state index >= 15 is 0 Å². The smallest absolute Gasteiger partial charge is 0.167 e. The minimum absolute atomic E-state index is 0.0101. The van der Waals surface area contributed by atoms with Gasteiger partial charge in [-0.05, 0) is 6.92 Å². The van der Waals surface area contributed by atoms with Gasteiger partial charge in [-0.1, -0.05) is 28.1 Å². The monoisotopic (exact) mass is 250 g/mol. The Balaban J connectivity index is 2.26. The summed E-state index contributed by atoms with van der Waals surface area (Å²) in [5.74, 6) is 0. The van der Waals surface area contributed by atoms with Crippen LogP contribution >= 0.6 is 15.9 Å². The van der Waals surface area contributed by atoms with Gasteiger partial charge in [0.05, 0.1) is 17.5 Å². The fourth-order valence-electron chi connectivity index (χ4n) is 1.25. The third kappa shape index (κ3) is 3.77. The second-order valence-electron chi connectivity index (χ2n) is 2.90. The summed E-state index contributed by atoms with van der Waals surface area (Å²) in [6.07, 6.45) is 3.68. The normalized spacial score (nSPS) is 29.5. The molecule has 0 aliphatic heterocycles. The summed E-state index contributed by atoms with van der Waals surface area (Å²) in [4.78, 5) is 0. The molecule has 0 aromatic heterocycles. The standard InChI is InChI=1S/C9H15BrO3/c1-2-12-9(6-10)13-8-4-3-7(11)5-8/h3-4,7-9,11H,2,5-6H2,1H3/t7-,8+,9?/m1/s1. The predicted molar refractivity (Wildman–Crippen MR) is 53.8 cm³/mol. The average Bonchev–Trinajstić information content (AvgIpc) is 2.50. The minimum atomic E-state index is -0.359. The highest BCUT2D eigenvalue weighted by atomic mass is 79.9. The molecule has 0 spiro atoms. The molecule has 0 saturated heterocycles. The Hall–Kier alpha value is 0.100. The SMILES string of the molecule is CCOC(CBr)O[C@H]1C=C[C@@H](O)C1. The van der Waals surface area contributed by atoms with Gasteiger partial charge in [0.2, 0.25) is 0 Å². The minimum Gasteiger partial charge on any atom is -0.389 e. The fourth-order valence-corrected chi connectivity index (χ4v) is 1.59. The van der Waals surface area contributed by atoms with Gasteiger partial charge in [-0.25, -0.2) is 0 Å². The van der Waals surface area contributed by atoms with Crippen LogP contribution in [0.3, 0.4) is 0 Å². The van der Waals surface area contributed by atoms with Crippen LogP contribution in [0.25, 0.3) is 0 Å². The van der Waals surface area contributed by atoms with Crippen molar-refractivity contribution in [1.82, 2.24) is 0 Å². The zero-order valence-electron chi connectivity index (χ0n) is 7.65. The summed E-state index contributed by atoms with van der Waals surface area (Å²) < 4.78 is 10.9. The molecule has 3 nitrogen and oxygen atoms in total. The Morgan fingerprint density at radius 3 is 2.85 bits per heavy atom. The first-order valence-electron chi connectivity index (χ1n) is 4.45. The molecule has 0 saturated carbocycles. The number of aliphatic hydroxyl groups is 1. The van der Waals surface area contributed by atoms with Crippen LogP contribution in [0.1, 0.15) is 13.3 Å². The summed E-state index contributed by atoms with van der Waals surface area (Å²) in [5, 5.41) is 9.85. The van der Waals surface area contributed by atoms with E-state index in [-0.39, 0.29) is 18.5 Å². The van der Waals surface area contributed by atoms with Gasteiger partial charge >= 0.3 is 0 Å². The summed E-state index contributed by atoms with van der Waals surface area (Å²) in [6, 6.07) is 0. The molecule has 1 N–H and O–H groups in total. The Labute approximate surface area is 86.9 Å². The van der Waals surface area contributed by atoms with E-state index in [0.29, 0.717) is 18.4 Å². The lowest BCUT2D eigenvalue weighted by Gasteiger charge is -2.19. The molecule has 0 aromatic rings. The van der Waals surface area contributed by atoms with Gasteiger partial charge in [-0.2, -0.15) is 0 Å². The molecular weight excluding hydrogens is 236 g/mol. The second kappa shape index (κ2) is 5.75. The molecule has 4 heteroatoms. The lowest BCUT2D eigenvalue weighted by atomic mass is 10.3. The molecule has 0 radical (unpaired) electrons. The van der Waals surface area contributed by atoms with Gasteiger partial charge < -0.3 is 14.6 Å².